The van der Waals surface area contributed by atoms with Crippen molar-refractivity contribution in [2.45, 2.75) is 0 Å². The van der Waals surface area contributed by atoms with Crippen LogP contribution in [-0.4, -0.2) is 62.8 Å². The molecule has 8 nitrogen and oxygen atoms in total. The minimum Gasteiger partial charge on any atom is -0.369 e. The second-order valence-electron chi connectivity index (χ2n) is 8.85. The number of nitrogens with one attached hydrogen (secondary N) is 2. The van der Waals surface area contributed by atoms with Crippen LogP contribution in [0.15, 0.2) is 72.9 Å². The Morgan fingerprint density at radius 2 is 1.54 bits per heavy atom. The lowest BCUT2D eigenvalue weighted by atomic mass is 10.0. The first-order chi connectivity index (χ1) is 16.8. The van der Waals surface area contributed by atoms with Crippen LogP contribution in [0.5, 0.6) is 0 Å². The summed E-state index contributed by atoms with van der Waals surface area (Å²) in [5.41, 5.74) is 5.38. The van der Waals surface area contributed by atoms with Gasteiger partial charge in [0.15, 0.2) is 0 Å². The third kappa shape index (κ3) is 5.52. The Morgan fingerprint density at radius 3 is 2.23 bits per heavy atom. The Balaban J connectivity index is 1.37. The number of para-hydroxylation sites is 1. The fourth-order valence-electron chi connectivity index (χ4n) is 4.23. The number of rotatable bonds is 6. The highest BCUT2D eigenvalue weighted by molar-refractivity contribution is 7.92. The summed E-state index contributed by atoms with van der Waals surface area (Å²) < 4.78 is 25.5. The van der Waals surface area contributed by atoms with Crippen molar-refractivity contribution in [3.05, 3.63) is 72.9 Å². The van der Waals surface area contributed by atoms with Gasteiger partial charge in [-0.3, -0.25) is 4.72 Å². The van der Waals surface area contributed by atoms with Gasteiger partial charge in [-0.15, -0.1) is 0 Å². The van der Waals surface area contributed by atoms with Crippen LogP contribution >= 0.6 is 0 Å². The lowest BCUT2D eigenvalue weighted by Gasteiger charge is -2.34. The lowest BCUT2D eigenvalue weighted by molar-refractivity contribution is 0.313. The Kier molecular flexibility index (Phi) is 6.27. The van der Waals surface area contributed by atoms with Gasteiger partial charge in [0.1, 0.15) is 0 Å². The average Bonchev–Trinajstić information content (AvgIpc) is 2.84. The van der Waals surface area contributed by atoms with E-state index < -0.39 is 10.0 Å². The third-order valence-corrected chi connectivity index (χ3v) is 6.71. The van der Waals surface area contributed by atoms with E-state index in [0.29, 0.717) is 11.6 Å². The van der Waals surface area contributed by atoms with E-state index in [4.69, 9.17) is 4.98 Å². The molecule has 1 fully saturated rings. The fourth-order valence-corrected chi connectivity index (χ4v) is 4.79. The summed E-state index contributed by atoms with van der Waals surface area (Å²) in [4.78, 5) is 14.0. The minimum absolute atomic E-state index is 0.521. The van der Waals surface area contributed by atoms with Crippen LogP contribution in [0, 0.1) is 0 Å². The molecule has 4 aromatic rings. The number of hydrogen-bond acceptors (Lipinski definition) is 7. The number of hydrogen-bond donors (Lipinski definition) is 2. The molecule has 0 spiro atoms. The number of nitrogens with zero attached hydrogens (tertiary/aromatic N) is 4. The summed E-state index contributed by atoms with van der Waals surface area (Å²) in [6.07, 6.45) is 2.95. The van der Waals surface area contributed by atoms with Crippen molar-refractivity contribution in [3.63, 3.8) is 0 Å². The first-order valence-corrected chi connectivity index (χ1v) is 13.4. The number of likely N-dealkylation sites (N-methyl/N-ethyl adjacent to an activating group) is 1. The van der Waals surface area contributed by atoms with E-state index in [0.717, 1.165) is 60.2 Å². The zero-order valence-electron chi connectivity index (χ0n) is 19.8. The standard InChI is InChI=1S/C26H28N6O2S/c1-31-14-16-32(17-15-31)23-12-10-21(11-13-23)28-26-27-18-20-4-3-5-24(25(20)29-26)19-6-8-22(9-7-19)30-35(2,33)34/h3-13,18,30H,14-17H2,1-2H3,(H,27,28,29). The number of piperazine rings is 1. The zero-order chi connectivity index (χ0) is 24.4. The van der Waals surface area contributed by atoms with E-state index in [1.807, 2.05) is 36.5 Å². The molecule has 180 valence electrons. The van der Waals surface area contributed by atoms with Gasteiger partial charge in [0.2, 0.25) is 16.0 Å². The van der Waals surface area contributed by atoms with Gasteiger partial charge in [0.25, 0.3) is 0 Å². The average molecular weight is 489 g/mol. The first-order valence-electron chi connectivity index (χ1n) is 11.5. The van der Waals surface area contributed by atoms with Crippen LogP contribution in [0.1, 0.15) is 0 Å². The molecule has 0 aliphatic carbocycles. The summed E-state index contributed by atoms with van der Waals surface area (Å²) in [7, 11) is -1.16. The molecule has 2 heterocycles. The van der Waals surface area contributed by atoms with Crippen molar-refractivity contribution < 1.29 is 8.42 Å². The first kappa shape index (κ1) is 23.1. The molecule has 1 saturated heterocycles. The summed E-state index contributed by atoms with van der Waals surface area (Å²) in [6.45, 7) is 4.21. The maximum Gasteiger partial charge on any atom is 0.229 e. The Bertz CT molecular complexity index is 1430. The predicted molar refractivity (Wildman–Crippen MR) is 143 cm³/mol. The van der Waals surface area contributed by atoms with Gasteiger partial charge in [-0.2, -0.15) is 0 Å². The molecule has 0 radical (unpaired) electrons. The summed E-state index contributed by atoms with van der Waals surface area (Å²) in [5, 5.41) is 4.25. The number of benzene rings is 3. The molecular weight excluding hydrogens is 460 g/mol. The second kappa shape index (κ2) is 9.52. The highest BCUT2D eigenvalue weighted by atomic mass is 32.2. The van der Waals surface area contributed by atoms with Gasteiger partial charge in [-0.05, 0) is 49.0 Å². The molecule has 1 aromatic heterocycles. The predicted octanol–water partition coefficient (Wildman–Crippen LogP) is 4.16. The van der Waals surface area contributed by atoms with E-state index in [1.165, 1.54) is 5.69 Å². The SMILES string of the molecule is CN1CCN(c2ccc(Nc3ncc4cccc(-c5ccc(NS(C)(=O)=O)cc5)c4n3)cc2)CC1. The Hall–Kier alpha value is -3.69. The smallest absolute Gasteiger partial charge is 0.229 e. The minimum atomic E-state index is -3.32. The number of fused-ring (bicyclic) bond motifs is 1. The molecule has 5 rings (SSSR count). The van der Waals surface area contributed by atoms with Crippen LogP contribution in [0.3, 0.4) is 0 Å². The lowest BCUT2D eigenvalue weighted by Crippen LogP contribution is -2.44. The Morgan fingerprint density at radius 1 is 0.857 bits per heavy atom. The highest BCUT2D eigenvalue weighted by Crippen LogP contribution is 2.29. The van der Waals surface area contributed by atoms with Crippen molar-refractivity contribution in [1.82, 2.24) is 14.9 Å². The number of aromatic nitrogens is 2. The highest BCUT2D eigenvalue weighted by Gasteiger charge is 2.14. The number of anilines is 4. The molecule has 0 saturated carbocycles. The molecule has 1 aliphatic rings. The molecular formula is C26H28N6O2S. The van der Waals surface area contributed by atoms with Crippen LogP contribution in [0.4, 0.5) is 23.0 Å². The van der Waals surface area contributed by atoms with Crippen LogP contribution in [0.2, 0.25) is 0 Å². The largest absolute Gasteiger partial charge is 0.369 e. The normalized spacial score (nSPS) is 14.7. The molecule has 0 bridgehead atoms. The van der Waals surface area contributed by atoms with Gasteiger partial charge < -0.3 is 15.1 Å². The van der Waals surface area contributed by atoms with Crippen LogP contribution in [-0.2, 0) is 10.0 Å². The maximum atomic E-state index is 11.5. The van der Waals surface area contributed by atoms with Crippen molar-refractivity contribution in [3.8, 4) is 11.1 Å². The molecule has 9 heteroatoms. The zero-order valence-corrected chi connectivity index (χ0v) is 20.6. The van der Waals surface area contributed by atoms with E-state index in [2.05, 4.69) is 56.1 Å². The molecule has 0 amide bonds. The monoisotopic (exact) mass is 488 g/mol. The van der Waals surface area contributed by atoms with Crippen molar-refractivity contribution >= 4 is 43.9 Å². The molecule has 0 unspecified atom stereocenters. The molecule has 35 heavy (non-hydrogen) atoms. The van der Waals surface area contributed by atoms with Gasteiger partial charge in [0, 0.05) is 60.4 Å². The van der Waals surface area contributed by atoms with Gasteiger partial charge in [-0.1, -0.05) is 30.3 Å². The van der Waals surface area contributed by atoms with E-state index in [9.17, 15) is 8.42 Å². The van der Waals surface area contributed by atoms with Crippen LogP contribution in [0.25, 0.3) is 22.0 Å². The second-order valence-corrected chi connectivity index (χ2v) is 10.6. The number of sulfonamides is 1. The van der Waals surface area contributed by atoms with E-state index >= 15 is 0 Å². The quantitative estimate of drug-likeness (QED) is 0.421. The van der Waals surface area contributed by atoms with Crippen LogP contribution < -0.4 is 14.9 Å². The fraction of sp³-hybridized carbons (Fsp3) is 0.231. The Labute approximate surface area is 205 Å². The van der Waals surface area contributed by atoms with Crippen molar-refractivity contribution in [2.75, 3.05) is 54.4 Å². The summed E-state index contributed by atoms with van der Waals surface area (Å²) in [5.74, 6) is 0.521. The van der Waals surface area contributed by atoms with E-state index in [1.54, 1.807) is 12.1 Å². The van der Waals surface area contributed by atoms with Crippen molar-refractivity contribution in [1.29, 1.82) is 0 Å². The van der Waals surface area contributed by atoms with Crippen molar-refractivity contribution in [2.24, 2.45) is 0 Å². The van der Waals surface area contributed by atoms with E-state index in [-0.39, 0.29) is 0 Å². The van der Waals surface area contributed by atoms with Gasteiger partial charge in [-0.25, -0.2) is 18.4 Å². The summed E-state index contributed by atoms with van der Waals surface area (Å²) in [6, 6.07) is 21.6. The van der Waals surface area contributed by atoms with Gasteiger partial charge in [0.05, 0.1) is 11.8 Å². The molecule has 0 atom stereocenters. The van der Waals surface area contributed by atoms with Gasteiger partial charge >= 0.3 is 0 Å². The maximum absolute atomic E-state index is 11.5. The molecule has 3 aromatic carbocycles. The summed E-state index contributed by atoms with van der Waals surface area (Å²) >= 11 is 0. The third-order valence-electron chi connectivity index (χ3n) is 6.10. The topological polar surface area (TPSA) is 90.5 Å². The molecule has 2 N–H and O–H groups in total. The molecule has 1 aliphatic heterocycles.